The molecule has 6 nitrogen and oxygen atoms in total. The third-order valence-electron chi connectivity index (χ3n) is 4.87. The highest BCUT2D eigenvalue weighted by atomic mass is 16.2. The molecule has 0 unspecified atom stereocenters. The molecule has 3 fully saturated rings. The van der Waals surface area contributed by atoms with Crippen LogP contribution in [0.2, 0.25) is 0 Å². The summed E-state index contributed by atoms with van der Waals surface area (Å²) in [6.07, 6.45) is 7.18. The highest BCUT2D eigenvalue weighted by molar-refractivity contribution is 5.77. The standard InChI is InChI=1S/C16H24N4O2/c1-12(21)19-9-14-3-5-15(11-19)20(10-14)16(22)6-4-13-7-17-18(2)8-13/h7-8,14-15H,3-6,9-11H2,1-2H3/t14-,15+/m0/s1. The van der Waals surface area contributed by atoms with Crippen LogP contribution in [0.4, 0.5) is 0 Å². The number of hydrogen-bond acceptors (Lipinski definition) is 3. The van der Waals surface area contributed by atoms with Gasteiger partial charge in [0.2, 0.25) is 11.8 Å². The zero-order chi connectivity index (χ0) is 15.7. The van der Waals surface area contributed by atoms with Crippen molar-refractivity contribution in [3.05, 3.63) is 18.0 Å². The minimum atomic E-state index is 0.126. The zero-order valence-corrected chi connectivity index (χ0v) is 13.4. The van der Waals surface area contributed by atoms with E-state index < -0.39 is 0 Å². The number of nitrogens with zero attached hydrogens (tertiary/aromatic N) is 4. The molecule has 2 amide bonds. The lowest BCUT2D eigenvalue weighted by molar-refractivity contribution is -0.136. The molecule has 6 heteroatoms. The number of aromatic nitrogens is 2. The van der Waals surface area contributed by atoms with Crippen LogP contribution in [0.25, 0.3) is 0 Å². The summed E-state index contributed by atoms with van der Waals surface area (Å²) in [6.45, 7) is 3.93. The second-order valence-electron chi connectivity index (χ2n) is 6.59. The molecular formula is C16H24N4O2. The molecule has 0 aromatic carbocycles. The van der Waals surface area contributed by atoms with Crippen LogP contribution in [0, 0.1) is 5.92 Å². The highest BCUT2D eigenvalue weighted by Crippen LogP contribution is 2.28. The van der Waals surface area contributed by atoms with Crippen molar-refractivity contribution in [2.24, 2.45) is 13.0 Å². The Morgan fingerprint density at radius 3 is 2.77 bits per heavy atom. The molecule has 4 heterocycles. The smallest absolute Gasteiger partial charge is 0.223 e. The Morgan fingerprint density at radius 2 is 2.09 bits per heavy atom. The lowest BCUT2D eigenvalue weighted by Gasteiger charge is -2.36. The fourth-order valence-electron chi connectivity index (χ4n) is 3.64. The van der Waals surface area contributed by atoms with E-state index in [4.69, 9.17) is 0 Å². The maximum atomic E-state index is 12.6. The first-order valence-electron chi connectivity index (χ1n) is 8.05. The van der Waals surface area contributed by atoms with E-state index >= 15 is 0 Å². The molecule has 0 radical (unpaired) electrons. The summed E-state index contributed by atoms with van der Waals surface area (Å²) in [5.41, 5.74) is 1.10. The molecule has 2 bridgehead atoms. The number of hydrogen-bond donors (Lipinski definition) is 0. The van der Waals surface area contributed by atoms with Gasteiger partial charge in [-0.15, -0.1) is 0 Å². The van der Waals surface area contributed by atoms with Crippen molar-refractivity contribution in [3.8, 4) is 0 Å². The number of amides is 2. The van der Waals surface area contributed by atoms with Crippen LogP contribution in [-0.2, 0) is 23.1 Å². The molecule has 0 spiro atoms. The van der Waals surface area contributed by atoms with Gasteiger partial charge in [0.1, 0.15) is 0 Å². The van der Waals surface area contributed by atoms with Gasteiger partial charge in [-0.05, 0) is 30.7 Å². The highest BCUT2D eigenvalue weighted by Gasteiger charge is 2.37. The van der Waals surface area contributed by atoms with Crippen molar-refractivity contribution < 1.29 is 9.59 Å². The minimum absolute atomic E-state index is 0.126. The fourth-order valence-corrected chi connectivity index (χ4v) is 3.64. The van der Waals surface area contributed by atoms with Gasteiger partial charge >= 0.3 is 0 Å². The summed E-state index contributed by atoms with van der Waals surface area (Å²) in [5, 5.41) is 4.14. The van der Waals surface area contributed by atoms with Gasteiger partial charge in [-0.2, -0.15) is 5.10 Å². The molecule has 1 aromatic heterocycles. The second kappa shape index (κ2) is 6.10. The van der Waals surface area contributed by atoms with Gasteiger partial charge in [0, 0.05) is 52.3 Å². The summed E-state index contributed by atoms with van der Waals surface area (Å²) in [6, 6.07) is 0.198. The van der Waals surface area contributed by atoms with E-state index in [1.54, 1.807) is 11.6 Å². The van der Waals surface area contributed by atoms with Crippen molar-refractivity contribution in [2.75, 3.05) is 19.6 Å². The van der Waals surface area contributed by atoms with Gasteiger partial charge in [0.05, 0.1) is 6.20 Å². The monoisotopic (exact) mass is 304 g/mol. The predicted molar refractivity (Wildman–Crippen MR) is 82.0 cm³/mol. The van der Waals surface area contributed by atoms with Crippen LogP contribution < -0.4 is 0 Å². The number of carbonyl (C=O) groups excluding carboxylic acids is 2. The molecule has 3 aliphatic rings. The van der Waals surface area contributed by atoms with Crippen molar-refractivity contribution in [2.45, 2.75) is 38.6 Å². The van der Waals surface area contributed by atoms with E-state index in [-0.39, 0.29) is 17.9 Å². The number of rotatable bonds is 3. The van der Waals surface area contributed by atoms with Gasteiger partial charge in [0.25, 0.3) is 0 Å². The van der Waals surface area contributed by atoms with Gasteiger partial charge in [-0.1, -0.05) is 0 Å². The first-order chi connectivity index (χ1) is 10.5. The number of piperidine rings is 1. The maximum Gasteiger partial charge on any atom is 0.223 e. The Bertz CT molecular complexity index is 568. The van der Waals surface area contributed by atoms with E-state index in [0.717, 1.165) is 37.9 Å². The summed E-state index contributed by atoms with van der Waals surface area (Å²) in [5.74, 6) is 0.774. The topological polar surface area (TPSA) is 58.4 Å². The SMILES string of the molecule is CC(=O)N1C[C@@H]2CC[C@H](C1)N(C(=O)CCc1cnn(C)c1)C2. The lowest BCUT2D eigenvalue weighted by Crippen LogP contribution is -2.47. The van der Waals surface area contributed by atoms with Crippen LogP contribution in [0.1, 0.15) is 31.7 Å². The van der Waals surface area contributed by atoms with Crippen LogP contribution in [0.5, 0.6) is 0 Å². The van der Waals surface area contributed by atoms with Crippen molar-refractivity contribution in [1.29, 1.82) is 0 Å². The van der Waals surface area contributed by atoms with Crippen LogP contribution in [-0.4, -0.2) is 57.1 Å². The Hall–Kier alpha value is -1.85. The van der Waals surface area contributed by atoms with E-state index in [1.165, 1.54) is 0 Å². The van der Waals surface area contributed by atoms with E-state index in [0.29, 0.717) is 18.9 Å². The second-order valence-corrected chi connectivity index (χ2v) is 6.59. The van der Waals surface area contributed by atoms with Crippen LogP contribution in [0.3, 0.4) is 0 Å². The molecule has 0 saturated carbocycles. The van der Waals surface area contributed by atoms with E-state index in [9.17, 15) is 9.59 Å². The average Bonchev–Trinajstić information content (AvgIpc) is 2.72. The molecule has 120 valence electrons. The lowest BCUT2D eigenvalue weighted by atomic mass is 9.94. The number of fused-ring (bicyclic) bond motifs is 4. The molecule has 1 aromatic rings. The number of carbonyl (C=O) groups is 2. The Balaban J connectivity index is 1.62. The Morgan fingerprint density at radius 1 is 1.27 bits per heavy atom. The van der Waals surface area contributed by atoms with E-state index in [1.807, 2.05) is 29.2 Å². The predicted octanol–water partition coefficient (Wildman–Crippen LogP) is 0.822. The van der Waals surface area contributed by atoms with Gasteiger partial charge < -0.3 is 9.80 Å². The molecular weight excluding hydrogens is 280 g/mol. The van der Waals surface area contributed by atoms with Gasteiger partial charge in [0.15, 0.2) is 0 Å². The molecule has 2 atom stereocenters. The van der Waals surface area contributed by atoms with Crippen LogP contribution in [0.15, 0.2) is 12.4 Å². The average molecular weight is 304 g/mol. The maximum absolute atomic E-state index is 12.6. The molecule has 3 saturated heterocycles. The molecule has 22 heavy (non-hydrogen) atoms. The van der Waals surface area contributed by atoms with Crippen molar-refractivity contribution in [1.82, 2.24) is 19.6 Å². The van der Waals surface area contributed by atoms with Gasteiger partial charge in [-0.25, -0.2) is 0 Å². The normalized spacial score (nSPS) is 24.5. The summed E-state index contributed by atoms with van der Waals surface area (Å²) >= 11 is 0. The Kier molecular flexibility index (Phi) is 4.18. The molecule has 0 N–H and O–H groups in total. The summed E-state index contributed by atoms with van der Waals surface area (Å²) in [7, 11) is 1.88. The van der Waals surface area contributed by atoms with Crippen molar-refractivity contribution in [3.63, 3.8) is 0 Å². The van der Waals surface area contributed by atoms with Gasteiger partial charge in [-0.3, -0.25) is 14.3 Å². The largest absolute Gasteiger partial charge is 0.341 e. The Labute approximate surface area is 131 Å². The fraction of sp³-hybridized carbons (Fsp3) is 0.688. The van der Waals surface area contributed by atoms with E-state index in [2.05, 4.69) is 5.10 Å². The first kappa shape index (κ1) is 15.1. The summed E-state index contributed by atoms with van der Waals surface area (Å²) in [4.78, 5) is 28.2. The molecule has 0 aliphatic carbocycles. The molecule has 3 aliphatic heterocycles. The minimum Gasteiger partial charge on any atom is -0.341 e. The third kappa shape index (κ3) is 3.15. The third-order valence-corrected chi connectivity index (χ3v) is 4.87. The number of aryl methyl sites for hydroxylation is 2. The molecule has 4 rings (SSSR count). The quantitative estimate of drug-likeness (QED) is 0.831. The first-order valence-corrected chi connectivity index (χ1v) is 8.05. The van der Waals surface area contributed by atoms with Crippen molar-refractivity contribution >= 4 is 11.8 Å². The van der Waals surface area contributed by atoms with Crippen LogP contribution >= 0.6 is 0 Å². The summed E-state index contributed by atoms with van der Waals surface area (Å²) < 4.78 is 1.76. The zero-order valence-electron chi connectivity index (χ0n) is 13.4.